The third-order valence-corrected chi connectivity index (χ3v) is 22.8. The van der Waals surface area contributed by atoms with Gasteiger partial charge in [0.2, 0.25) is 31.2 Å². The summed E-state index contributed by atoms with van der Waals surface area (Å²) in [5, 5.41) is 80.2. The molecular weight excluding hydrogens is 1350 g/mol. The normalized spacial score (nSPS) is 45.2. The van der Waals surface area contributed by atoms with Gasteiger partial charge in [-0.25, -0.2) is 25.3 Å². The molecule has 524 valence electrons. The number of carbonyl (C=O) groups is 2. The van der Waals surface area contributed by atoms with Gasteiger partial charge in [-0.3, -0.25) is 22.1 Å². The van der Waals surface area contributed by atoms with Crippen molar-refractivity contribution in [1.82, 2.24) is 0 Å². The SMILES string of the molecule is COC(=O)[C@H]1C[C@@]2(C)C3=CC[C@H]4C(C)(C)[C@@H](O[C@@H]5OC[C@@H](OS(=O)(=O)[O-])[C@H](O)[C@H]5O[C@@H]5O[C@H](C)[C@@H](O[C@@H]6O[C@H](COS(=O)(=O)[O-])[C@@H](O)[C@H](O[C@@H]7O[C@H](COS(=O)(=O)[O-])[C@@H](O)[C@H](OC)[C@H]7O)[C@H]6O)[C@H](O)[C@H]5O)CC[C@]4(C)[C@H]3CC[C@@]23C(=O)O[C@](C)(CCCC(C)C)[C@@H]13.[Na+].[Na+].[Na+]. The maximum Gasteiger partial charge on any atom is 1.00 e. The average molecular weight is 1440 g/mol. The maximum absolute atomic E-state index is 14.7. The fourth-order valence-electron chi connectivity index (χ4n) is 17.2. The molecule has 38 heteroatoms. The fourth-order valence-corrected chi connectivity index (χ4v) is 18.2. The number of cyclic esters (lactones) is 1. The molecule has 0 unspecified atom stereocenters. The molecule has 9 aliphatic rings. The van der Waals surface area contributed by atoms with Gasteiger partial charge in [0.15, 0.2) is 25.2 Å². The van der Waals surface area contributed by atoms with Gasteiger partial charge in [-0.2, -0.15) is 0 Å². The van der Waals surface area contributed by atoms with E-state index in [2.05, 4.69) is 46.3 Å². The number of esters is 2. The van der Waals surface area contributed by atoms with Crippen molar-refractivity contribution in [2.24, 2.45) is 51.2 Å². The van der Waals surface area contributed by atoms with Gasteiger partial charge in [0.05, 0.1) is 50.5 Å². The van der Waals surface area contributed by atoms with E-state index in [4.69, 9.17) is 52.1 Å². The molecule has 0 radical (unpaired) electrons. The number of aliphatic hydroxyl groups is 7. The topological polar surface area (TPSA) is 477 Å². The van der Waals surface area contributed by atoms with Crippen LogP contribution in [0, 0.1) is 51.2 Å². The second-order valence-electron chi connectivity index (χ2n) is 27.5. The Morgan fingerprint density at radius 3 is 1.79 bits per heavy atom. The second-order valence-corrected chi connectivity index (χ2v) is 30.6. The minimum absolute atomic E-state index is 0. The van der Waals surface area contributed by atoms with Crippen LogP contribution in [0.1, 0.15) is 113 Å². The fraction of sp³-hybridized carbons (Fsp3) is 0.929. The molecule has 94 heavy (non-hydrogen) atoms. The van der Waals surface area contributed by atoms with Crippen LogP contribution in [-0.4, -0.2) is 249 Å². The van der Waals surface area contributed by atoms with Gasteiger partial charge in [0, 0.05) is 18.4 Å². The van der Waals surface area contributed by atoms with Crippen LogP contribution in [0.15, 0.2) is 11.6 Å². The van der Waals surface area contributed by atoms with Gasteiger partial charge in [-0.1, -0.05) is 59.6 Å². The molecule has 0 aromatic carbocycles. The Balaban J connectivity index is 0.00000467. The average Bonchev–Trinajstić information content (AvgIpc) is 1.47. The summed E-state index contributed by atoms with van der Waals surface area (Å²) in [6.45, 7) is 12.7. The second kappa shape index (κ2) is 31.5. The summed E-state index contributed by atoms with van der Waals surface area (Å²) < 4.78 is 182. The van der Waals surface area contributed by atoms with Crippen LogP contribution in [0.3, 0.4) is 0 Å². The van der Waals surface area contributed by atoms with E-state index in [0.29, 0.717) is 50.9 Å². The molecule has 9 rings (SSSR count). The predicted molar refractivity (Wildman–Crippen MR) is 297 cm³/mol. The zero-order valence-electron chi connectivity index (χ0n) is 55.1. The van der Waals surface area contributed by atoms with Crippen molar-refractivity contribution < 1.29 is 238 Å². The molecule has 3 saturated carbocycles. The standard InChI is InChI=1S/C56H90O32S3.3Na/c1-24(2)12-11-17-55(8)45-26(46(64)76-10)20-54(7)28-13-14-32-52(4,5)33(16-18-53(32,6)27(28)15-19-56(45,54)51(65)87-55)83-50-44(36(59)31(21-77-50)88-91(72,73)74)86-47-38(61)37(60)41(25(3)80-47)84-49-40(63)43(35(58)30(82-49)23-79-90(69,70)71)85-48-39(62)42(75-9)34(57)29(81-48)22-78-89(66,67)68;;;/h13,24-27,29-45,47-50,57-63H,11-12,14-23H2,1-10H3,(H,66,67,68)(H,69,70,71)(H,72,73,74);;;/q;3*+1/p-3/t25-,26+,27+,29-,30-,31-,32+,33+,34-,35-,36+,37-,38-,39-,40-,41-,42+,43+,44-,45-,47+,48+,49+,50+,53-,54+,55-,56-;;;/m1.../s1. The molecule has 1 spiro atoms. The Labute approximate surface area is 613 Å². The van der Waals surface area contributed by atoms with E-state index >= 15 is 0 Å². The Morgan fingerprint density at radius 1 is 0.681 bits per heavy atom. The number of methoxy groups -OCH3 is 2. The summed E-state index contributed by atoms with van der Waals surface area (Å²) in [7, 11) is -14.0. The van der Waals surface area contributed by atoms with Gasteiger partial charge in [0.1, 0.15) is 91.1 Å². The zero-order chi connectivity index (χ0) is 67.3. The van der Waals surface area contributed by atoms with Crippen molar-refractivity contribution in [3.8, 4) is 0 Å². The molecule has 4 aliphatic carbocycles. The van der Waals surface area contributed by atoms with Crippen LogP contribution in [0.2, 0.25) is 0 Å². The van der Waals surface area contributed by atoms with Gasteiger partial charge in [0.25, 0.3) is 0 Å². The van der Waals surface area contributed by atoms with Crippen LogP contribution >= 0.6 is 0 Å². The molecule has 28 atom stereocenters. The summed E-state index contributed by atoms with van der Waals surface area (Å²) in [5.74, 6) is -1.34. The van der Waals surface area contributed by atoms with Crippen LogP contribution in [-0.2, 0) is 105 Å². The number of hydrogen-bond donors (Lipinski definition) is 7. The predicted octanol–water partition coefficient (Wildman–Crippen LogP) is -10.4. The zero-order valence-corrected chi connectivity index (χ0v) is 63.5. The third-order valence-electron chi connectivity index (χ3n) is 21.4. The first-order valence-electron chi connectivity index (χ1n) is 30.5. The quantitative estimate of drug-likeness (QED) is 0.0174. The van der Waals surface area contributed by atoms with Crippen LogP contribution in [0.4, 0.5) is 0 Å². The molecule has 5 heterocycles. The summed E-state index contributed by atoms with van der Waals surface area (Å²) in [6.07, 6.45) is -30.5. The van der Waals surface area contributed by atoms with E-state index < -0.39 is 213 Å². The third kappa shape index (κ3) is 16.4. The number of carbonyl (C=O) groups excluding carboxylic acids is 2. The van der Waals surface area contributed by atoms with E-state index in [9.17, 15) is 84.2 Å². The van der Waals surface area contributed by atoms with E-state index in [1.54, 1.807) is 0 Å². The summed E-state index contributed by atoms with van der Waals surface area (Å²) in [4.78, 5) is 28.6. The minimum Gasteiger partial charge on any atom is -0.726 e. The Hall–Kier alpha value is 0.650. The molecule has 0 amide bonds. The summed E-state index contributed by atoms with van der Waals surface area (Å²) in [5.41, 5.74) is -2.60. The number of rotatable bonds is 22. The molecule has 0 bridgehead atoms. The first-order chi connectivity index (χ1) is 42.2. The molecule has 0 aromatic heterocycles. The van der Waals surface area contributed by atoms with Gasteiger partial charge < -0.3 is 102 Å². The van der Waals surface area contributed by atoms with Crippen LogP contribution in [0.5, 0.6) is 0 Å². The maximum atomic E-state index is 14.7. The van der Waals surface area contributed by atoms with Gasteiger partial charge in [-0.05, 0) is 93.8 Å². The number of ether oxygens (including phenoxy) is 11. The summed E-state index contributed by atoms with van der Waals surface area (Å²) >= 11 is 0. The van der Waals surface area contributed by atoms with Crippen molar-refractivity contribution in [3.63, 3.8) is 0 Å². The Bertz CT molecular complexity index is 3010. The van der Waals surface area contributed by atoms with Crippen molar-refractivity contribution in [3.05, 3.63) is 11.6 Å². The minimum atomic E-state index is -5.51. The first kappa shape index (κ1) is 83.6. The smallest absolute Gasteiger partial charge is 0.726 e. The van der Waals surface area contributed by atoms with E-state index in [1.807, 2.05) is 20.8 Å². The molecule has 0 aromatic rings. The van der Waals surface area contributed by atoms with E-state index in [1.165, 1.54) is 14.0 Å². The molecule has 8 fully saturated rings. The monoisotopic (exact) mass is 1440 g/mol. The van der Waals surface area contributed by atoms with Crippen molar-refractivity contribution >= 4 is 43.1 Å². The number of allylic oxidation sites excluding steroid dienone is 2. The molecular formula is C56H87Na3O32S3. The number of hydrogen-bond acceptors (Lipinski definition) is 32. The Kier molecular flexibility index (Phi) is 28.0. The van der Waals surface area contributed by atoms with E-state index in [-0.39, 0.29) is 112 Å². The molecule has 5 saturated heterocycles. The molecule has 7 N–H and O–H groups in total. The number of aliphatic hydroxyl groups excluding tert-OH is 7. The van der Waals surface area contributed by atoms with Crippen molar-refractivity contribution in [1.29, 1.82) is 0 Å². The van der Waals surface area contributed by atoms with E-state index in [0.717, 1.165) is 25.5 Å². The van der Waals surface area contributed by atoms with Crippen molar-refractivity contribution in [2.75, 3.05) is 34.0 Å². The van der Waals surface area contributed by atoms with Crippen LogP contribution < -0.4 is 88.7 Å². The molecule has 5 aliphatic heterocycles. The van der Waals surface area contributed by atoms with Crippen LogP contribution in [0.25, 0.3) is 0 Å². The van der Waals surface area contributed by atoms with Crippen molar-refractivity contribution in [2.45, 2.75) is 242 Å². The first-order valence-corrected chi connectivity index (χ1v) is 34.5. The summed E-state index contributed by atoms with van der Waals surface area (Å²) in [6, 6.07) is 0. The van der Waals surface area contributed by atoms with Gasteiger partial charge >= 0.3 is 101 Å². The molecule has 32 nitrogen and oxygen atoms in total. The van der Waals surface area contributed by atoms with Gasteiger partial charge in [-0.15, -0.1) is 0 Å². The largest absolute Gasteiger partial charge is 1.00 e. The number of fused-ring (bicyclic) bond motifs is 4. The Morgan fingerprint density at radius 2 is 1.23 bits per heavy atom.